The van der Waals surface area contributed by atoms with E-state index in [4.69, 9.17) is 0 Å². The molecular formula is C18H22N2O3S. The maximum atomic E-state index is 12.2. The first-order valence-corrected chi connectivity index (χ1v) is 9.30. The summed E-state index contributed by atoms with van der Waals surface area (Å²) < 4.78 is 26.6. The van der Waals surface area contributed by atoms with Crippen molar-refractivity contribution in [2.24, 2.45) is 0 Å². The van der Waals surface area contributed by atoms with E-state index in [9.17, 15) is 13.2 Å². The zero-order chi connectivity index (χ0) is 17.6. The van der Waals surface area contributed by atoms with Gasteiger partial charge >= 0.3 is 0 Å². The smallest absolute Gasteiger partial charge is 0.241 e. The lowest BCUT2D eigenvalue weighted by Gasteiger charge is -2.08. The zero-order valence-corrected chi connectivity index (χ0v) is 14.7. The summed E-state index contributed by atoms with van der Waals surface area (Å²) in [6, 6.07) is 14.4. The Hall–Kier alpha value is -2.18. The first-order chi connectivity index (χ1) is 11.4. The van der Waals surface area contributed by atoms with E-state index in [-0.39, 0.29) is 17.3 Å². The molecule has 0 radical (unpaired) electrons. The number of nitrogens with one attached hydrogen (secondary N) is 2. The molecule has 1 amide bonds. The number of amides is 1. The monoisotopic (exact) mass is 346 g/mol. The maximum absolute atomic E-state index is 12.2. The van der Waals surface area contributed by atoms with E-state index >= 15 is 0 Å². The van der Waals surface area contributed by atoms with Crippen molar-refractivity contribution >= 4 is 15.9 Å². The second-order valence-electron chi connectivity index (χ2n) is 5.58. The largest absolute Gasteiger partial charge is 0.351 e. The molecule has 0 aliphatic rings. The number of aryl methyl sites for hydroxylation is 2. The van der Waals surface area contributed by atoms with E-state index in [1.54, 1.807) is 24.3 Å². The van der Waals surface area contributed by atoms with Gasteiger partial charge in [0.05, 0.1) is 11.4 Å². The number of carbonyl (C=O) groups is 1. The topological polar surface area (TPSA) is 75.3 Å². The van der Waals surface area contributed by atoms with Crippen LogP contribution in [0.25, 0.3) is 0 Å². The van der Waals surface area contributed by atoms with E-state index in [1.165, 1.54) is 0 Å². The van der Waals surface area contributed by atoms with Gasteiger partial charge in [-0.05, 0) is 36.6 Å². The van der Waals surface area contributed by atoms with Crippen LogP contribution in [0.2, 0.25) is 0 Å². The Morgan fingerprint density at radius 3 is 2.12 bits per heavy atom. The van der Waals surface area contributed by atoms with Crippen molar-refractivity contribution in [3.8, 4) is 0 Å². The average molecular weight is 346 g/mol. The lowest BCUT2D eigenvalue weighted by atomic mass is 10.1. The molecule has 0 saturated heterocycles. The van der Waals surface area contributed by atoms with Crippen LogP contribution in [0.1, 0.15) is 23.6 Å². The standard InChI is InChI=1S/C18H22N2O3S/c1-3-15-8-10-17(11-9-15)24(22,23)20-13-18(21)19-12-16-6-4-14(2)5-7-16/h4-11,20H,3,12-13H2,1-2H3,(H,19,21). The van der Waals surface area contributed by atoms with Crippen molar-refractivity contribution in [2.75, 3.05) is 6.54 Å². The average Bonchev–Trinajstić information content (AvgIpc) is 2.59. The van der Waals surface area contributed by atoms with Crippen LogP contribution in [0.5, 0.6) is 0 Å². The van der Waals surface area contributed by atoms with Crippen molar-refractivity contribution < 1.29 is 13.2 Å². The van der Waals surface area contributed by atoms with Crippen LogP contribution in [-0.4, -0.2) is 20.9 Å². The van der Waals surface area contributed by atoms with Gasteiger partial charge in [0.2, 0.25) is 15.9 Å². The summed E-state index contributed by atoms with van der Waals surface area (Å²) >= 11 is 0. The summed E-state index contributed by atoms with van der Waals surface area (Å²) in [6.45, 7) is 4.07. The molecule has 0 spiro atoms. The number of carbonyl (C=O) groups excluding carboxylic acids is 1. The van der Waals surface area contributed by atoms with E-state index in [1.807, 2.05) is 38.1 Å². The fourth-order valence-corrected chi connectivity index (χ4v) is 3.10. The summed E-state index contributed by atoms with van der Waals surface area (Å²) in [5, 5.41) is 2.69. The minimum absolute atomic E-state index is 0.158. The second kappa shape index (κ2) is 8.08. The fourth-order valence-electron chi connectivity index (χ4n) is 2.12. The molecule has 0 atom stereocenters. The number of hydrogen-bond acceptors (Lipinski definition) is 3. The van der Waals surface area contributed by atoms with Crippen LogP contribution in [0.4, 0.5) is 0 Å². The molecule has 0 fully saturated rings. The molecule has 2 rings (SSSR count). The quantitative estimate of drug-likeness (QED) is 0.807. The van der Waals surface area contributed by atoms with Gasteiger partial charge in [0.1, 0.15) is 0 Å². The lowest BCUT2D eigenvalue weighted by Crippen LogP contribution is -2.36. The molecule has 0 bridgehead atoms. The molecule has 128 valence electrons. The van der Waals surface area contributed by atoms with Crippen LogP contribution >= 0.6 is 0 Å². The SMILES string of the molecule is CCc1ccc(S(=O)(=O)NCC(=O)NCc2ccc(C)cc2)cc1. The molecule has 0 aliphatic carbocycles. The first-order valence-electron chi connectivity index (χ1n) is 7.81. The Morgan fingerprint density at radius 2 is 1.54 bits per heavy atom. The molecule has 0 aromatic heterocycles. The van der Waals surface area contributed by atoms with Gasteiger partial charge in [-0.1, -0.05) is 48.9 Å². The van der Waals surface area contributed by atoms with Gasteiger partial charge in [-0.3, -0.25) is 4.79 Å². The van der Waals surface area contributed by atoms with E-state index in [2.05, 4.69) is 10.0 Å². The summed E-state index contributed by atoms with van der Waals surface area (Å²) in [4.78, 5) is 12.0. The molecule has 0 unspecified atom stereocenters. The summed E-state index contributed by atoms with van der Waals surface area (Å²) in [7, 11) is -3.68. The predicted octanol–water partition coefficient (Wildman–Crippen LogP) is 2.15. The number of rotatable bonds is 7. The zero-order valence-electron chi connectivity index (χ0n) is 13.9. The lowest BCUT2D eigenvalue weighted by molar-refractivity contribution is -0.120. The van der Waals surface area contributed by atoms with Crippen LogP contribution in [0, 0.1) is 6.92 Å². The van der Waals surface area contributed by atoms with E-state index in [0.29, 0.717) is 6.54 Å². The molecular weight excluding hydrogens is 324 g/mol. The number of benzene rings is 2. The van der Waals surface area contributed by atoms with Crippen molar-refractivity contribution in [1.82, 2.24) is 10.0 Å². The van der Waals surface area contributed by atoms with Crippen LogP contribution in [0.15, 0.2) is 53.4 Å². The third-order valence-corrected chi connectivity index (χ3v) is 5.09. The first kappa shape index (κ1) is 18.2. The predicted molar refractivity (Wildman–Crippen MR) is 94.0 cm³/mol. The molecule has 5 nitrogen and oxygen atoms in total. The van der Waals surface area contributed by atoms with Crippen molar-refractivity contribution in [3.05, 3.63) is 65.2 Å². The van der Waals surface area contributed by atoms with Gasteiger partial charge in [-0.2, -0.15) is 0 Å². The van der Waals surface area contributed by atoms with Gasteiger partial charge in [-0.15, -0.1) is 0 Å². The maximum Gasteiger partial charge on any atom is 0.241 e. The molecule has 0 heterocycles. The minimum Gasteiger partial charge on any atom is -0.351 e. The Bertz CT molecular complexity index is 782. The van der Waals surface area contributed by atoms with Crippen molar-refractivity contribution in [3.63, 3.8) is 0 Å². The second-order valence-corrected chi connectivity index (χ2v) is 7.35. The summed E-state index contributed by atoms with van der Waals surface area (Å²) in [6.07, 6.45) is 0.842. The molecule has 0 saturated carbocycles. The molecule has 2 aromatic carbocycles. The number of sulfonamides is 1. The van der Waals surface area contributed by atoms with Crippen LogP contribution in [0.3, 0.4) is 0 Å². The highest BCUT2D eigenvalue weighted by molar-refractivity contribution is 7.89. The Labute approximate surface area is 143 Å². The van der Waals surface area contributed by atoms with Crippen LogP contribution < -0.4 is 10.0 Å². The third-order valence-electron chi connectivity index (χ3n) is 3.67. The normalized spacial score (nSPS) is 11.2. The summed E-state index contributed by atoms with van der Waals surface area (Å²) in [5.41, 5.74) is 3.17. The van der Waals surface area contributed by atoms with Gasteiger partial charge in [0.25, 0.3) is 0 Å². The Morgan fingerprint density at radius 1 is 0.958 bits per heavy atom. The van der Waals surface area contributed by atoms with E-state index < -0.39 is 10.0 Å². The number of hydrogen-bond donors (Lipinski definition) is 2. The highest BCUT2D eigenvalue weighted by Gasteiger charge is 2.15. The molecule has 2 N–H and O–H groups in total. The van der Waals surface area contributed by atoms with E-state index in [0.717, 1.165) is 23.1 Å². The molecule has 6 heteroatoms. The fraction of sp³-hybridized carbons (Fsp3) is 0.278. The van der Waals surface area contributed by atoms with Gasteiger partial charge in [-0.25, -0.2) is 13.1 Å². The Kier molecular flexibility index (Phi) is 6.11. The molecule has 0 aliphatic heterocycles. The van der Waals surface area contributed by atoms with Gasteiger partial charge in [0, 0.05) is 6.54 Å². The Balaban J connectivity index is 1.86. The summed E-state index contributed by atoms with van der Waals surface area (Å²) in [5.74, 6) is -0.371. The molecule has 2 aromatic rings. The third kappa shape index (κ3) is 5.18. The highest BCUT2D eigenvalue weighted by atomic mass is 32.2. The van der Waals surface area contributed by atoms with Crippen molar-refractivity contribution in [2.45, 2.75) is 31.7 Å². The van der Waals surface area contributed by atoms with Crippen LogP contribution in [-0.2, 0) is 27.8 Å². The van der Waals surface area contributed by atoms with Gasteiger partial charge in [0.15, 0.2) is 0 Å². The van der Waals surface area contributed by atoms with Crippen molar-refractivity contribution in [1.29, 1.82) is 0 Å². The molecule has 24 heavy (non-hydrogen) atoms. The van der Waals surface area contributed by atoms with Gasteiger partial charge < -0.3 is 5.32 Å². The minimum atomic E-state index is -3.68. The highest BCUT2D eigenvalue weighted by Crippen LogP contribution is 2.10.